The number of allylic oxidation sites excluding steroid dienone is 1. The van der Waals surface area contributed by atoms with Gasteiger partial charge in [-0.05, 0) is 0 Å². The van der Waals surface area contributed by atoms with E-state index in [-0.39, 0.29) is 18.9 Å². The quantitative estimate of drug-likeness (QED) is 0.141. The molecule has 184 valence electrons. The zero-order valence-electron chi connectivity index (χ0n) is 14.7. The van der Waals surface area contributed by atoms with Crippen molar-refractivity contribution in [3.8, 4) is 5.75 Å². The van der Waals surface area contributed by atoms with Crippen LogP contribution in [-0.2, 0) is 10.1 Å². The summed E-state index contributed by atoms with van der Waals surface area (Å²) in [6, 6.07) is -4.16. The Morgan fingerprint density at radius 2 is 1.12 bits per heavy atom. The van der Waals surface area contributed by atoms with E-state index in [0.29, 0.717) is 0 Å². The van der Waals surface area contributed by atoms with Crippen LogP contribution in [0.4, 0.5) is 65.9 Å². The van der Waals surface area contributed by atoms with Gasteiger partial charge in [-0.3, -0.25) is 0 Å². The van der Waals surface area contributed by atoms with Crippen LogP contribution in [0.15, 0.2) is 16.7 Å². The van der Waals surface area contributed by atoms with Crippen LogP contribution >= 0.6 is 0 Å². The molecule has 1 aromatic carbocycles. The SMILES string of the molecule is O=S(=O)([O-])c1c(F)c(F)c(F)c(F)c1OC(F)=C(F)C(F)(F)C(F)(F)C(F)(F)C(F)(F)F.[Li+]. The molecule has 0 aromatic heterocycles. The summed E-state index contributed by atoms with van der Waals surface area (Å²) in [5.41, 5.74) is 0. The molecule has 0 atom stereocenters. The second-order valence-corrected chi connectivity index (χ2v) is 6.60. The van der Waals surface area contributed by atoms with Crippen LogP contribution in [0.2, 0.25) is 0 Å². The van der Waals surface area contributed by atoms with Crippen LogP contribution in [-0.4, -0.2) is 36.9 Å². The minimum absolute atomic E-state index is 0. The Kier molecular flexibility index (Phi) is 8.62. The summed E-state index contributed by atoms with van der Waals surface area (Å²) in [5, 5.41) is 0. The van der Waals surface area contributed by atoms with Gasteiger partial charge in [0, 0.05) is 0 Å². The van der Waals surface area contributed by atoms with Gasteiger partial charge in [-0.2, -0.15) is 52.7 Å². The van der Waals surface area contributed by atoms with Gasteiger partial charge < -0.3 is 9.29 Å². The van der Waals surface area contributed by atoms with Crippen molar-refractivity contribution >= 4 is 10.1 Å². The van der Waals surface area contributed by atoms with Crippen LogP contribution in [0.1, 0.15) is 0 Å². The molecule has 1 aromatic rings. The van der Waals surface area contributed by atoms with Gasteiger partial charge in [0.25, 0.3) is 0 Å². The molecule has 21 heteroatoms. The zero-order valence-corrected chi connectivity index (χ0v) is 15.5. The van der Waals surface area contributed by atoms with Crippen molar-refractivity contribution in [3.63, 3.8) is 0 Å². The largest absolute Gasteiger partial charge is 1.00 e. The maximum Gasteiger partial charge on any atom is 1.00 e. The van der Waals surface area contributed by atoms with E-state index >= 15 is 0 Å². The molecule has 0 aliphatic carbocycles. The van der Waals surface area contributed by atoms with E-state index in [1.54, 1.807) is 0 Å². The number of rotatable bonds is 6. The molecule has 0 aliphatic heterocycles. The van der Waals surface area contributed by atoms with Crippen LogP contribution < -0.4 is 23.6 Å². The fourth-order valence-corrected chi connectivity index (χ4v) is 2.34. The third kappa shape index (κ3) is 5.02. The molecule has 0 amide bonds. The van der Waals surface area contributed by atoms with Gasteiger partial charge in [-0.25, -0.2) is 21.6 Å². The third-order valence-electron chi connectivity index (χ3n) is 3.22. The molecule has 0 spiro atoms. The average molecular weight is 532 g/mol. The summed E-state index contributed by atoms with van der Waals surface area (Å²) < 4.78 is 229. The molecule has 0 bridgehead atoms. The molecule has 4 nitrogen and oxygen atoms in total. The molecule has 0 fully saturated rings. The van der Waals surface area contributed by atoms with Gasteiger partial charge in [-0.1, -0.05) is 0 Å². The van der Waals surface area contributed by atoms with E-state index in [1.807, 2.05) is 0 Å². The van der Waals surface area contributed by atoms with Crippen LogP contribution in [0, 0.1) is 23.3 Å². The molecule has 0 aliphatic rings. The van der Waals surface area contributed by atoms with Crippen molar-refractivity contribution in [1.82, 2.24) is 0 Å². The normalized spacial score (nSPS) is 14.5. The van der Waals surface area contributed by atoms with Crippen molar-refractivity contribution in [1.29, 1.82) is 0 Å². The van der Waals surface area contributed by atoms with Crippen molar-refractivity contribution < 1.29 is 102 Å². The molecule has 0 saturated heterocycles. The first-order valence-electron chi connectivity index (χ1n) is 6.70. The van der Waals surface area contributed by atoms with Gasteiger partial charge in [0.05, 0.1) is 0 Å². The fraction of sp³-hybridized carbons (Fsp3) is 0.333. The van der Waals surface area contributed by atoms with E-state index in [0.717, 1.165) is 0 Å². The summed E-state index contributed by atoms with van der Waals surface area (Å²) in [7, 11) is -6.62. The number of hydrogen-bond donors (Lipinski definition) is 0. The van der Waals surface area contributed by atoms with Gasteiger partial charge in [0.1, 0.15) is 15.0 Å². The van der Waals surface area contributed by atoms with Gasteiger partial charge in [0.2, 0.25) is 17.5 Å². The summed E-state index contributed by atoms with van der Waals surface area (Å²) in [6.45, 7) is 0. The topological polar surface area (TPSA) is 66.4 Å². The minimum Gasteiger partial charge on any atom is -0.744 e. The first-order valence-corrected chi connectivity index (χ1v) is 8.11. The van der Waals surface area contributed by atoms with Crippen LogP contribution in [0.5, 0.6) is 5.75 Å². The summed E-state index contributed by atoms with van der Waals surface area (Å²) >= 11 is 0. The van der Waals surface area contributed by atoms with E-state index in [1.165, 1.54) is 0 Å². The summed E-state index contributed by atoms with van der Waals surface area (Å²) in [4.78, 5) is -3.08. The monoisotopic (exact) mass is 532 g/mol. The number of benzene rings is 1. The predicted octanol–water partition coefficient (Wildman–Crippen LogP) is 2.11. The van der Waals surface area contributed by atoms with Crippen LogP contribution in [0.3, 0.4) is 0 Å². The van der Waals surface area contributed by atoms with Gasteiger partial charge >= 0.3 is 48.8 Å². The smallest absolute Gasteiger partial charge is 0.744 e. The van der Waals surface area contributed by atoms with Gasteiger partial charge in [0.15, 0.2) is 17.4 Å². The molecular formula is C12F15LiO4S. The molecule has 0 unspecified atom stereocenters. The Labute approximate surface area is 182 Å². The molecule has 0 N–H and O–H groups in total. The average Bonchev–Trinajstić information content (AvgIpc) is 2.61. The predicted molar refractivity (Wildman–Crippen MR) is 65.0 cm³/mol. The van der Waals surface area contributed by atoms with Crippen molar-refractivity contribution in [2.24, 2.45) is 0 Å². The fourth-order valence-electron chi connectivity index (χ4n) is 1.68. The Morgan fingerprint density at radius 1 is 0.727 bits per heavy atom. The van der Waals surface area contributed by atoms with Crippen molar-refractivity contribution in [3.05, 3.63) is 35.1 Å². The number of hydrogen-bond acceptors (Lipinski definition) is 4. The molecule has 0 saturated carbocycles. The maximum absolute atomic E-state index is 13.5. The standard InChI is InChI=1S/C12HF15O4S.Li/c13-1-2(14)4(16)6(32(28,29)30)5(3(1)15)31-8(18)7(17)9(19,20)10(21,22)11(23,24)12(25,26)27;/h(H,28,29,30);/q;+1/p-1. The van der Waals surface area contributed by atoms with Crippen LogP contribution in [0.25, 0.3) is 0 Å². The molecule has 0 heterocycles. The molecule has 1 rings (SSSR count). The van der Waals surface area contributed by atoms with E-state index in [2.05, 4.69) is 4.74 Å². The number of ether oxygens (including phenoxy) is 1. The minimum atomic E-state index is -7.84. The molecular weight excluding hydrogens is 532 g/mol. The first-order chi connectivity index (χ1) is 13.9. The van der Waals surface area contributed by atoms with Crippen molar-refractivity contribution in [2.45, 2.75) is 28.8 Å². The Balaban J connectivity index is 0.0000102. The van der Waals surface area contributed by atoms with E-state index in [4.69, 9.17) is 0 Å². The summed E-state index contributed by atoms with van der Waals surface area (Å²) in [6.07, 6.45) is -7.49. The maximum atomic E-state index is 13.5. The third-order valence-corrected chi connectivity index (χ3v) is 4.08. The second-order valence-electron chi connectivity index (χ2n) is 5.28. The van der Waals surface area contributed by atoms with E-state index < -0.39 is 79.8 Å². The van der Waals surface area contributed by atoms with Gasteiger partial charge in [-0.15, -0.1) is 0 Å². The molecule has 33 heavy (non-hydrogen) atoms. The zero-order chi connectivity index (χ0) is 25.8. The van der Waals surface area contributed by atoms with Crippen molar-refractivity contribution in [2.75, 3.05) is 0 Å². The summed E-state index contributed by atoms with van der Waals surface area (Å²) in [5.74, 6) is -43.7. The Hall–Kier alpha value is -1.78. The Morgan fingerprint density at radius 3 is 1.48 bits per heavy atom. The first kappa shape index (κ1) is 31.2. The number of halogens is 15. The molecule has 0 radical (unpaired) electrons. The second kappa shape index (κ2) is 9.11. The number of alkyl halides is 9. The Bertz CT molecular complexity index is 1060. The van der Waals surface area contributed by atoms with E-state index in [9.17, 15) is 78.8 Å².